The fourth-order valence-electron chi connectivity index (χ4n) is 10.8. The van der Waals surface area contributed by atoms with Crippen LogP contribution in [0.25, 0.3) is 0 Å². The Morgan fingerprint density at radius 1 is 0.840 bits per heavy atom. The normalized spacial score (nSPS) is 44.9. The lowest BCUT2D eigenvalue weighted by Crippen LogP contribution is -2.61. The summed E-state index contributed by atoms with van der Waals surface area (Å²) in [5.74, 6) is -4.00. The summed E-state index contributed by atoms with van der Waals surface area (Å²) < 4.78 is 45.5. The van der Waals surface area contributed by atoms with Gasteiger partial charge in [0.05, 0.1) is 13.2 Å². The first-order valence-corrected chi connectivity index (χ1v) is 17.8. The van der Waals surface area contributed by atoms with Gasteiger partial charge < -0.3 is 33.2 Å². The molecule has 278 valence electrons. The second-order valence-electron chi connectivity index (χ2n) is 15.7. The van der Waals surface area contributed by atoms with Crippen LogP contribution in [-0.4, -0.2) is 91.9 Å². The van der Waals surface area contributed by atoms with Crippen LogP contribution in [0.2, 0.25) is 0 Å². The number of ketones is 2. The standard InChI is InChI=1S/C36H50O14/c1-17(37)44-16-26(41)24-11-10-23-22-9-8-20-14-21(12-13-34(20,4)27(22)25(40)15-35(23,24)5)48-36(6)49-31-29(46-19(3)39)28(45-18(2)38)30(32(42)43-7)47-33(31)50-36/h20-24,27-31,33H,8-16H2,1-7H3/t20-,21-,22-,23+,24-,27-,28+,29+,30+,31-,33-,34-,35+,36-/m1/s1. The lowest BCUT2D eigenvalue weighted by atomic mass is 9.44. The molecule has 14 nitrogen and oxygen atoms in total. The monoisotopic (exact) mass is 706 g/mol. The van der Waals surface area contributed by atoms with E-state index in [4.69, 9.17) is 37.9 Å². The van der Waals surface area contributed by atoms with E-state index in [0.29, 0.717) is 25.7 Å². The van der Waals surface area contributed by atoms with Crippen molar-refractivity contribution in [2.45, 2.75) is 136 Å². The van der Waals surface area contributed by atoms with Crippen molar-refractivity contribution < 1.29 is 66.7 Å². The number of carbonyl (C=O) groups is 6. The Morgan fingerprint density at radius 2 is 1.54 bits per heavy atom. The minimum absolute atomic E-state index is 0.0917. The summed E-state index contributed by atoms with van der Waals surface area (Å²) in [4.78, 5) is 75.4. The molecule has 0 unspecified atom stereocenters. The number of Topliss-reactive ketones (excluding diaryl/α,β-unsaturated/α-hetero) is 2. The summed E-state index contributed by atoms with van der Waals surface area (Å²) in [7, 11) is 1.16. The van der Waals surface area contributed by atoms with Gasteiger partial charge in [0.25, 0.3) is 5.97 Å². The predicted octanol–water partition coefficient (Wildman–Crippen LogP) is 3.19. The van der Waals surface area contributed by atoms with Gasteiger partial charge in [0.15, 0.2) is 36.5 Å². The van der Waals surface area contributed by atoms with Gasteiger partial charge in [-0.1, -0.05) is 13.8 Å². The molecule has 2 saturated heterocycles. The van der Waals surface area contributed by atoms with E-state index in [0.717, 1.165) is 39.7 Å². The van der Waals surface area contributed by atoms with E-state index in [9.17, 15) is 28.8 Å². The number of rotatable bonds is 8. The first kappa shape index (κ1) is 36.8. The van der Waals surface area contributed by atoms with Gasteiger partial charge in [-0.2, -0.15) is 0 Å². The first-order chi connectivity index (χ1) is 23.5. The highest BCUT2D eigenvalue weighted by atomic mass is 16.9. The molecule has 0 aromatic rings. The van der Waals surface area contributed by atoms with Gasteiger partial charge in [0, 0.05) is 46.0 Å². The van der Waals surface area contributed by atoms with Crippen molar-refractivity contribution in [3.63, 3.8) is 0 Å². The van der Waals surface area contributed by atoms with E-state index < -0.39 is 66.0 Å². The minimum atomic E-state index is -1.64. The van der Waals surface area contributed by atoms with Crippen LogP contribution in [0.4, 0.5) is 0 Å². The first-order valence-electron chi connectivity index (χ1n) is 17.8. The molecule has 4 aliphatic carbocycles. The minimum Gasteiger partial charge on any atom is -0.467 e. The van der Waals surface area contributed by atoms with Crippen molar-refractivity contribution in [3.05, 3.63) is 0 Å². The molecule has 0 radical (unpaired) electrons. The molecular formula is C36H50O14. The van der Waals surface area contributed by atoms with Crippen molar-refractivity contribution in [1.29, 1.82) is 0 Å². The van der Waals surface area contributed by atoms with Gasteiger partial charge in [0.2, 0.25) is 0 Å². The zero-order valence-corrected chi connectivity index (χ0v) is 29.9. The van der Waals surface area contributed by atoms with Crippen molar-refractivity contribution in [2.75, 3.05) is 13.7 Å². The van der Waals surface area contributed by atoms with Gasteiger partial charge in [-0.25, -0.2) is 4.79 Å². The Balaban J connectivity index is 1.14. The molecule has 6 aliphatic rings. The zero-order chi connectivity index (χ0) is 36.3. The summed E-state index contributed by atoms with van der Waals surface area (Å²) >= 11 is 0. The van der Waals surface area contributed by atoms with Crippen LogP contribution < -0.4 is 0 Å². The highest BCUT2D eigenvalue weighted by Crippen LogP contribution is 2.66. The molecule has 0 aromatic heterocycles. The van der Waals surface area contributed by atoms with Crippen molar-refractivity contribution in [3.8, 4) is 0 Å². The lowest BCUT2D eigenvalue weighted by molar-refractivity contribution is -0.363. The topological polar surface area (TPSA) is 176 Å². The Hall–Kier alpha value is -2.94. The predicted molar refractivity (Wildman–Crippen MR) is 168 cm³/mol. The Kier molecular flexibility index (Phi) is 9.99. The summed E-state index contributed by atoms with van der Waals surface area (Å²) in [5.41, 5.74) is -0.670. The number of hydrogen-bond acceptors (Lipinski definition) is 14. The summed E-state index contributed by atoms with van der Waals surface area (Å²) in [5, 5.41) is 0. The van der Waals surface area contributed by atoms with E-state index in [1.165, 1.54) is 13.8 Å². The van der Waals surface area contributed by atoms with E-state index in [-0.39, 0.29) is 59.3 Å². The Bertz CT molecular complexity index is 1410. The average molecular weight is 707 g/mol. The number of fused-ring (bicyclic) bond motifs is 6. The number of carbonyl (C=O) groups excluding carboxylic acids is 6. The number of hydrogen-bond donors (Lipinski definition) is 0. The number of methoxy groups -OCH3 is 1. The SMILES string of the molecule is COC(=O)[C@H]1O[C@@H]2O[C@](C)(O[C@@H]3CC[C@]4(C)[C@H](CC[C@@H]5[C@@H]6CC[C@H](C(=O)COC(C)=O)[C@@]6(C)CC(=O)[C@@H]54)C3)O[C@@H]2[C@@H](OC(C)=O)[C@@H]1OC(C)=O. The molecule has 2 aliphatic heterocycles. The van der Waals surface area contributed by atoms with Crippen LogP contribution in [-0.2, 0) is 66.7 Å². The number of esters is 4. The van der Waals surface area contributed by atoms with Crippen LogP contribution in [0.3, 0.4) is 0 Å². The van der Waals surface area contributed by atoms with Crippen molar-refractivity contribution >= 4 is 35.4 Å². The quantitative estimate of drug-likeness (QED) is 0.266. The van der Waals surface area contributed by atoms with Crippen molar-refractivity contribution in [2.24, 2.45) is 40.4 Å². The molecule has 4 saturated carbocycles. The van der Waals surface area contributed by atoms with E-state index in [2.05, 4.69) is 13.8 Å². The lowest BCUT2D eigenvalue weighted by Gasteiger charge is -2.60. The van der Waals surface area contributed by atoms with Gasteiger partial charge in [-0.15, -0.1) is 0 Å². The Labute approximate surface area is 291 Å². The van der Waals surface area contributed by atoms with E-state index in [1.54, 1.807) is 6.92 Å². The maximum Gasteiger partial charge on any atom is 0.339 e. The molecule has 0 bridgehead atoms. The molecular weight excluding hydrogens is 656 g/mol. The third-order valence-electron chi connectivity index (χ3n) is 12.7. The average Bonchev–Trinajstić information content (AvgIpc) is 3.55. The third-order valence-corrected chi connectivity index (χ3v) is 12.7. The van der Waals surface area contributed by atoms with Crippen molar-refractivity contribution in [1.82, 2.24) is 0 Å². The Morgan fingerprint density at radius 3 is 2.20 bits per heavy atom. The molecule has 14 atom stereocenters. The molecule has 0 spiro atoms. The van der Waals surface area contributed by atoms with E-state index >= 15 is 0 Å². The van der Waals surface area contributed by atoms with Crippen LogP contribution in [0, 0.1) is 40.4 Å². The summed E-state index contributed by atoms with van der Waals surface area (Å²) in [6, 6.07) is 0. The maximum absolute atomic E-state index is 14.1. The van der Waals surface area contributed by atoms with Gasteiger partial charge in [-0.3, -0.25) is 28.7 Å². The molecule has 0 N–H and O–H groups in total. The third kappa shape index (κ3) is 6.49. The maximum atomic E-state index is 14.1. The van der Waals surface area contributed by atoms with Crippen LogP contribution in [0.15, 0.2) is 0 Å². The fourth-order valence-corrected chi connectivity index (χ4v) is 10.8. The molecule has 50 heavy (non-hydrogen) atoms. The fraction of sp³-hybridized carbons (Fsp3) is 0.833. The molecule has 0 amide bonds. The highest BCUT2D eigenvalue weighted by molar-refractivity contribution is 5.89. The second-order valence-corrected chi connectivity index (χ2v) is 15.7. The molecule has 14 heteroatoms. The molecule has 6 fully saturated rings. The molecule has 0 aromatic carbocycles. The smallest absolute Gasteiger partial charge is 0.339 e. The number of ether oxygens (including phenoxy) is 8. The van der Waals surface area contributed by atoms with Gasteiger partial charge >= 0.3 is 23.9 Å². The highest BCUT2D eigenvalue weighted by Gasteiger charge is 2.65. The van der Waals surface area contributed by atoms with Gasteiger partial charge in [0.1, 0.15) is 12.4 Å². The summed E-state index contributed by atoms with van der Waals surface area (Å²) in [6.45, 7) is 9.31. The van der Waals surface area contributed by atoms with E-state index in [1.807, 2.05) is 0 Å². The largest absolute Gasteiger partial charge is 0.467 e. The zero-order valence-electron chi connectivity index (χ0n) is 29.9. The van der Waals surface area contributed by atoms with Crippen LogP contribution >= 0.6 is 0 Å². The molecule has 6 rings (SSSR count). The van der Waals surface area contributed by atoms with Gasteiger partial charge in [-0.05, 0) is 73.5 Å². The molecule has 2 heterocycles. The summed E-state index contributed by atoms with van der Waals surface area (Å²) in [6.07, 6.45) is -0.804. The second kappa shape index (κ2) is 13.6. The van der Waals surface area contributed by atoms with Crippen LogP contribution in [0.1, 0.15) is 92.9 Å². The van der Waals surface area contributed by atoms with Crippen LogP contribution in [0.5, 0.6) is 0 Å².